The lowest BCUT2D eigenvalue weighted by Crippen LogP contribution is -2.12. The molecule has 1 aromatic heterocycles. The summed E-state index contributed by atoms with van der Waals surface area (Å²) < 4.78 is 1.81. The van der Waals surface area contributed by atoms with Crippen LogP contribution in [-0.4, -0.2) is 9.78 Å². The fraction of sp³-hybridized carbons (Fsp3) is 0.357. The highest BCUT2D eigenvalue weighted by Gasteiger charge is 2.17. The third-order valence-corrected chi connectivity index (χ3v) is 2.58. The van der Waals surface area contributed by atoms with Crippen LogP contribution in [0.5, 0.6) is 0 Å². The molecule has 0 saturated heterocycles. The Kier molecular flexibility index (Phi) is 2.58. The van der Waals surface area contributed by atoms with Crippen LogP contribution in [0.2, 0.25) is 0 Å². The summed E-state index contributed by atoms with van der Waals surface area (Å²) in [5.74, 6) is 0. The van der Waals surface area contributed by atoms with Crippen LogP contribution in [0.25, 0.3) is 5.69 Å². The minimum absolute atomic E-state index is 0.0758. The molecule has 0 saturated carbocycles. The second-order valence-corrected chi connectivity index (χ2v) is 5.16. The number of hydrogen-bond acceptors (Lipinski definition) is 1. The van der Waals surface area contributed by atoms with E-state index in [1.807, 2.05) is 6.07 Å². The summed E-state index contributed by atoms with van der Waals surface area (Å²) in [5, 5.41) is 4.54. The first-order valence-corrected chi connectivity index (χ1v) is 5.52. The van der Waals surface area contributed by atoms with Crippen molar-refractivity contribution in [2.75, 3.05) is 0 Å². The Morgan fingerprint density at radius 3 is 2.25 bits per heavy atom. The van der Waals surface area contributed by atoms with Crippen molar-refractivity contribution in [3.63, 3.8) is 0 Å². The molecule has 0 unspecified atom stereocenters. The smallest absolute Gasteiger partial charge is 0.0929 e. The monoisotopic (exact) mass is 213 g/mol. The molecular formula is C14H17N2. The maximum atomic E-state index is 4.54. The molecule has 1 radical (unpaired) electrons. The molecule has 0 atom stereocenters. The Morgan fingerprint density at radius 2 is 1.75 bits per heavy atom. The maximum absolute atomic E-state index is 4.54. The van der Waals surface area contributed by atoms with Gasteiger partial charge in [-0.1, -0.05) is 38.5 Å². The molecule has 16 heavy (non-hydrogen) atoms. The van der Waals surface area contributed by atoms with Crippen molar-refractivity contribution in [2.45, 2.75) is 33.1 Å². The number of nitrogens with zero attached hydrogens (tertiary/aromatic N) is 2. The van der Waals surface area contributed by atoms with Gasteiger partial charge >= 0.3 is 0 Å². The van der Waals surface area contributed by atoms with Crippen molar-refractivity contribution in [1.29, 1.82) is 0 Å². The Labute approximate surface area is 96.9 Å². The largest absolute Gasteiger partial charge is 0.231 e. The van der Waals surface area contributed by atoms with E-state index in [1.165, 1.54) is 5.56 Å². The third kappa shape index (κ3) is 2.16. The van der Waals surface area contributed by atoms with Gasteiger partial charge < -0.3 is 0 Å². The maximum Gasteiger partial charge on any atom is 0.0929 e. The summed E-state index contributed by atoms with van der Waals surface area (Å²) in [4.78, 5) is 0. The highest BCUT2D eigenvalue weighted by atomic mass is 15.3. The van der Waals surface area contributed by atoms with Gasteiger partial charge in [-0.25, -0.2) is 4.68 Å². The summed E-state index contributed by atoms with van der Waals surface area (Å²) in [7, 11) is 0. The molecule has 0 aliphatic rings. The lowest BCUT2D eigenvalue weighted by Gasteiger charge is -2.14. The van der Waals surface area contributed by atoms with Gasteiger partial charge in [-0.05, 0) is 25.1 Å². The molecule has 0 aliphatic carbocycles. The Bertz CT molecular complexity index is 472. The molecule has 1 aromatic carbocycles. The van der Waals surface area contributed by atoms with E-state index in [0.29, 0.717) is 0 Å². The number of hydrogen-bond donors (Lipinski definition) is 0. The highest BCUT2D eigenvalue weighted by molar-refractivity contribution is 5.33. The van der Waals surface area contributed by atoms with Crippen LogP contribution in [0.4, 0.5) is 0 Å². The molecule has 0 aliphatic heterocycles. The highest BCUT2D eigenvalue weighted by Crippen LogP contribution is 2.20. The summed E-state index contributed by atoms with van der Waals surface area (Å²) in [5.41, 5.74) is 3.45. The van der Waals surface area contributed by atoms with Crippen LogP contribution in [0.3, 0.4) is 0 Å². The van der Waals surface area contributed by atoms with E-state index in [-0.39, 0.29) is 5.41 Å². The summed E-state index contributed by atoms with van der Waals surface area (Å²) in [6, 6.07) is 10.2. The molecule has 2 rings (SSSR count). The topological polar surface area (TPSA) is 17.8 Å². The zero-order valence-corrected chi connectivity index (χ0v) is 10.3. The van der Waals surface area contributed by atoms with Gasteiger partial charge in [-0.2, -0.15) is 5.10 Å². The number of benzene rings is 1. The van der Waals surface area contributed by atoms with Gasteiger partial charge in [0.1, 0.15) is 0 Å². The van der Waals surface area contributed by atoms with E-state index in [0.717, 1.165) is 11.4 Å². The molecule has 0 amide bonds. The van der Waals surface area contributed by atoms with Gasteiger partial charge in [0.05, 0.1) is 17.6 Å². The number of aryl methyl sites for hydroxylation is 1. The van der Waals surface area contributed by atoms with E-state index >= 15 is 0 Å². The van der Waals surface area contributed by atoms with E-state index < -0.39 is 0 Å². The first-order chi connectivity index (χ1) is 7.47. The van der Waals surface area contributed by atoms with E-state index in [4.69, 9.17) is 0 Å². The normalized spacial score (nSPS) is 11.8. The van der Waals surface area contributed by atoms with E-state index in [2.05, 4.69) is 63.3 Å². The standard InChI is InChI=1S/C14H17N2/c1-11-5-7-12(8-6-11)16-10-9-13(15-16)14(2,3)4/h5-9H,1-4H3. The minimum Gasteiger partial charge on any atom is -0.231 e. The number of rotatable bonds is 1. The van der Waals surface area contributed by atoms with Gasteiger partial charge in [-0.15, -0.1) is 0 Å². The summed E-state index contributed by atoms with van der Waals surface area (Å²) >= 11 is 0. The molecule has 0 spiro atoms. The predicted octanol–water partition coefficient (Wildman–Crippen LogP) is 3.28. The van der Waals surface area contributed by atoms with Crippen molar-refractivity contribution >= 4 is 0 Å². The molecule has 0 N–H and O–H groups in total. The summed E-state index contributed by atoms with van der Waals surface area (Å²) in [6.45, 7) is 8.55. The molecule has 2 nitrogen and oxygen atoms in total. The van der Waals surface area contributed by atoms with Crippen molar-refractivity contribution in [3.8, 4) is 5.69 Å². The first kappa shape index (κ1) is 10.9. The second kappa shape index (κ2) is 3.78. The number of aromatic nitrogens is 2. The van der Waals surface area contributed by atoms with Gasteiger partial charge in [0.25, 0.3) is 0 Å². The zero-order valence-electron chi connectivity index (χ0n) is 10.3. The Hall–Kier alpha value is -1.57. The predicted molar refractivity (Wildman–Crippen MR) is 65.8 cm³/mol. The molecule has 1 heterocycles. The minimum atomic E-state index is 0.0758. The molecule has 0 fully saturated rings. The fourth-order valence-electron chi connectivity index (χ4n) is 1.47. The second-order valence-electron chi connectivity index (χ2n) is 5.16. The van der Waals surface area contributed by atoms with E-state index in [9.17, 15) is 0 Å². The van der Waals surface area contributed by atoms with Crippen LogP contribution < -0.4 is 0 Å². The van der Waals surface area contributed by atoms with Gasteiger partial charge in [-0.3, -0.25) is 0 Å². The molecule has 0 bridgehead atoms. The van der Waals surface area contributed by atoms with Crippen LogP contribution in [0, 0.1) is 13.1 Å². The molecule has 83 valence electrons. The SMILES string of the molecule is Cc1ccc(-n2[c]cc(C(C)(C)C)n2)cc1. The lowest BCUT2D eigenvalue weighted by atomic mass is 9.93. The van der Waals surface area contributed by atoms with Crippen molar-refractivity contribution in [1.82, 2.24) is 9.78 Å². The van der Waals surface area contributed by atoms with Crippen LogP contribution in [0.1, 0.15) is 32.0 Å². The van der Waals surface area contributed by atoms with Crippen LogP contribution >= 0.6 is 0 Å². The van der Waals surface area contributed by atoms with Gasteiger partial charge in [0.15, 0.2) is 0 Å². The average Bonchev–Trinajstić information content (AvgIpc) is 2.67. The Morgan fingerprint density at radius 1 is 1.12 bits per heavy atom. The third-order valence-electron chi connectivity index (χ3n) is 2.58. The van der Waals surface area contributed by atoms with Crippen LogP contribution in [0.15, 0.2) is 30.3 Å². The van der Waals surface area contributed by atoms with Crippen LogP contribution in [-0.2, 0) is 5.41 Å². The zero-order chi connectivity index (χ0) is 11.8. The van der Waals surface area contributed by atoms with Crippen molar-refractivity contribution in [3.05, 3.63) is 47.8 Å². The fourth-order valence-corrected chi connectivity index (χ4v) is 1.47. The van der Waals surface area contributed by atoms with Gasteiger partial charge in [0.2, 0.25) is 0 Å². The lowest BCUT2D eigenvalue weighted by molar-refractivity contribution is 0.560. The summed E-state index contributed by atoms with van der Waals surface area (Å²) in [6.07, 6.45) is 3.15. The first-order valence-electron chi connectivity index (χ1n) is 5.52. The quantitative estimate of drug-likeness (QED) is 0.711. The van der Waals surface area contributed by atoms with Crippen molar-refractivity contribution < 1.29 is 0 Å². The Balaban J connectivity index is 2.35. The average molecular weight is 213 g/mol. The van der Waals surface area contributed by atoms with Gasteiger partial charge in [0, 0.05) is 5.41 Å². The van der Waals surface area contributed by atoms with E-state index in [1.54, 1.807) is 4.68 Å². The van der Waals surface area contributed by atoms with Crippen molar-refractivity contribution in [2.24, 2.45) is 0 Å². The molecule has 2 heteroatoms. The molecule has 2 aromatic rings. The molecular weight excluding hydrogens is 196 g/mol.